The number of benzene rings is 2. The average molecular weight is 302 g/mol. The van der Waals surface area contributed by atoms with Gasteiger partial charge in [0.25, 0.3) is 0 Å². The second kappa shape index (κ2) is 8.18. The average Bonchev–Trinajstić information content (AvgIpc) is 2.48. The van der Waals surface area contributed by atoms with E-state index in [0.717, 1.165) is 12.2 Å². The summed E-state index contributed by atoms with van der Waals surface area (Å²) in [6.07, 6.45) is 0.808. The van der Waals surface area contributed by atoms with E-state index in [1.165, 1.54) is 11.1 Å². The summed E-state index contributed by atoms with van der Waals surface area (Å²) < 4.78 is 0. The van der Waals surface area contributed by atoms with Crippen molar-refractivity contribution in [3.63, 3.8) is 0 Å². The Labute approximate surface area is 128 Å². The van der Waals surface area contributed by atoms with Crippen LogP contribution >= 0.6 is 21.6 Å². The Balaban J connectivity index is 1.85. The zero-order valence-electron chi connectivity index (χ0n) is 11.5. The zero-order valence-corrected chi connectivity index (χ0v) is 13.1. The van der Waals surface area contributed by atoms with E-state index in [4.69, 9.17) is 0 Å². The molecule has 20 heavy (non-hydrogen) atoms. The first-order chi connectivity index (χ1) is 9.75. The predicted octanol–water partition coefficient (Wildman–Crippen LogP) is 4.77. The third kappa shape index (κ3) is 5.06. The topological polar surface area (TPSA) is 17.1 Å². The molecular formula is C17H18OS2. The van der Waals surface area contributed by atoms with Gasteiger partial charge < -0.3 is 0 Å². The van der Waals surface area contributed by atoms with Crippen LogP contribution < -0.4 is 0 Å². The summed E-state index contributed by atoms with van der Waals surface area (Å²) in [5.41, 5.74) is 2.52. The molecule has 0 saturated heterocycles. The van der Waals surface area contributed by atoms with Gasteiger partial charge in [-0.1, -0.05) is 82.3 Å². The minimum atomic E-state index is 0.0334. The highest BCUT2D eigenvalue weighted by molar-refractivity contribution is 8.76. The van der Waals surface area contributed by atoms with E-state index in [2.05, 4.69) is 24.3 Å². The van der Waals surface area contributed by atoms with Crippen molar-refractivity contribution in [1.82, 2.24) is 0 Å². The Morgan fingerprint density at radius 3 is 2.05 bits per heavy atom. The molecule has 0 spiro atoms. The number of ketones is 1. The fourth-order valence-corrected chi connectivity index (χ4v) is 4.50. The van der Waals surface area contributed by atoms with E-state index < -0.39 is 0 Å². The van der Waals surface area contributed by atoms with E-state index in [-0.39, 0.29) is 11.0 Å². The summed E-state index contributed by atoms with van der Waals surface area (Å²) in [6.45, 7) is 1.68. The summed E-state index contributed by atoms with van der Waals surface area (Å²) in [4.78, 5) is 11.8. The fraction of sp³-hybridized carbons (Fsp3) is 0.235. The highest BCUT2D eigenvalue weighted by atomic mass is 33.1. The maximum atomic E-state index is 11.8. The van der Waals surface area contributed by atoms with Gasteiger partial charge in [0.15, 0.2) is 0 Å². The molecule has 0 amide bonds. The molecule has 1 atom stereocenters. The highest BCUT2D eigenvalue weighted by Crippen LogP contribution is 2.32. The quantitative estimate of drug-likeness (QED) is 0.686. The summed E-state index contributed by atoms with van der Waals surface area (Å²) >= 11 is 0. The molecule has 0 aliphatic heterocycles. The first-order valence-electron chi connectivity index (χ1n) is 6.62. The Bertz CT molecular complexity index is 525. The van der Waals surface area contributed by atoms with E-state index in [1.54, 1.807) is 28.5 Å². The minimum Gasteiger partial charge on any atom is -0.299 e. The molecule has 0 bridgehead atoms. The van der Waals surface area contributed by atoms with Gasteiger partial charge in [0.2, 0.25) is 0 Å². The first-order valence-corrected chi connectivity index (χ1v) is 9.00. The van der Waals surface area contributed by atoms with Crippen molar-refractivity contribution in [3.05, 3.63) is 71.8 Å². The van der Waals surface area contributed by atoms with Crippen molar-refractivity contribution in [2.45, 2.75) is 24.3 Å². The van der Waals surface area contributed by atoms with Crippen LogP contribution in [0.2, 0.25) is 0 Å². The summed E-state index contributed by atoms with van der Waals surface area (Å²) in [5, 5.41) is 0.0334. The Kier molecular flexibility index (Phi) is 6.22. The van der Waals surface area contributed by atoms with E-state index in [1.807, 2.05) is 36.4 Å². The minimum absolute atomic E-state index is 0.0334. The van der Waals surface area contributed by atoms with Crippen molar-refractivity contribution >= 4 is 27.4 Å². The monoisotopic (exact) mass is 302 g/mol. The Hall–Kier alpha value is -1.19. The van der Waals surface area contributed by atoms with Gasteiger partial charge in [-0.2, -0.15) is 0 Å². The van der Waals surface area contributed by atoms with Crippen LogP contribution in [-0.2, 0) is 17.0 Å². The highest BCUT2D eigenvalue weighted by Gasteiger charge is 2.15. The van der Waals surface area contributed by atoms with Gasteiger partial charge in [-0.05, 0) is 24.5 Å². The molecule has 2 aromatic rings. The smallest absolute Gasteiger partial charge is 0.143 e. The number of carbonyl (C=O) groups excluding carboxylic acids is 1. The van der Waals surface area contributed by atoms with Crippen LogP contribution in [0.15, 0.2) is 60.7 Å². The molecule has 0 aliphatic carbocycles. The van der Waals surface area contributed by atoms with Crippen LogP contribution in [0.5, 0.6) is 0 Å². The van der Waals surface area contributed by atoms with E-state index in [0.29, 0.717) is 0 Å². The Morgan fingerprint density at radius 2 is 1.50 bits per heavy atom. The molecule has 104 valence electrons. The molecule has 0 fully saturated rings. The normalized spacial score (nSPS) is 12.1. The second-order valence-electron chi connectivity index (χ2n) is 4.63. The second-order valence-corrected chi connectivity index (χ2v) is 7.20. The number of carbonyl (C=O) groups is 1. The third-order valence-corrected chi connectivity index (χ3v) is 5.75. The van der Waals surface area contributed by atoms with Crippen LogP contribution in [0.4, 0.5) is 0 Å². The van der Waals surface area contributed by atoms with Crippen LogP contribution in [0.25, 0.3) is 0 Å². The van der Waals surface area contributed by atoms with Crippen molar-refractivity contribution in [3.8, 4) is 0 Å². The van der Waals surface area contributed by atoms with Gasteiger partial charge >= 0.3 is 0 Å². The van der Waals surface area contributed by atoms with Crippen LogP contribution in [-0.4, -0.2) is 11.0 Å². The van der Waals surface area contributed by atoms with Crippen LogP contribution in [0.1, 0.15) is 18.1 Å². The van der Waals surface area contributed by atoms with Gasteiger partial charge in [0.05, 0.1) is 5.25 Å². The summed E-state index contributed by atoms with van der Waals surface area (Å²) in [7, 11) is 3.44. The van der Waals surface area contributed by atoms with Gasteiger partial charge in [0.1, 0.15) is 5.78 Å². The SMILES string of the molecule is CC(=O)[C@H](Cc1ccccc1)SSCc1ccccc1. The number of Topliss-reactive ketones (excluding diaryl/α,β-unsaturated/α-hetero) is 1. The maximum absolute atomic E-state index is 11.8. The van der Waals surface area contributed by atoms with Crippen molar-refractivity contribution < 1.29 is 4.79 Å². The van der Waals surface area contributed by atoms with Crippen LogP contribution in [0.3, 0.4) is 0 Å². The first kappa shape index (κ1) is 15.2. The Morgan fingerprint density at radius 1 is 0.950 bits per heavy atom. The molecule has 0 unspecified atom stereocenters. The molecule has 0 N–H and O–H groups in total. The lowest BCUT2D eigenvalue weighted by Crippen LogP contribution is -2.15. The molecule has 2 aromatic carbocycles. The van der Waals surface area contributed by atoms with Gasteiger partial charge in [0, 0.05) is 5.75 Å². The molecule has 2 rings (SSSR count). The molecule has 0 aliphatic rings. The summed E-state index contributed by atoms with van der Waals surface area (Å²) in [6, 6.07) is 20.6. The molecule has 0 saturated carbocycles. The lowest BCUT2D eigenvalue weighted by atomic mass is 10.1. The number of rotatable bonds is 7. The van der Waals surface area contributed by atoms with E-state index >= 15 is 0 Å². The molecular weight excluding hydrogens is 284 g/mol. The standard InChI is InChI=1S/C17H18OS2/c1-14(18)17(12-15-8-4-2-5-9-15)20-19-13-16-10-6-3-7-11-16/h2-11,17H,12-13H2,1H3/t17-/m0/s1. The molecule has 3 heteroatoms. The number of hydrogen-bond donors (Lipinski definition) is 0. The van der Waals surface area contributed by atoms with Gasteiger partial charge in [-0.25, -0.2) is 0 Å². The molecule has 0 radical (unpaired) electrons. The van der Waals surface area contributed by atoms with Crippen molar-refractivity contribution in [2.75, 3.05) is 0 Å². The van der Waals surface area contributed by atoms with E-state index in [9.17, 15) is 4.79 Å². The van der Waals surface area contributed by atoms with Crippen LogP contribution in [0, 0.1) is 0 Å². The molecule has 0 aromatic heterocycles. The number of hydrogen-bond acceptors (Lipinski definition) is 3. The zero-order chi connectivity index (χ0) is 14.2. The van der Waals surface area contributed by atoms with Crippen molar-refractivity contribution in [2.24, 2.45) is 0 Å². The molecule has 0 heterocycles. The van der Waals surface area contributed by atoms with Gasteiger partial charge in [-0.3, -0.25) is 4.79 Å². The maximum Gasteiger partial charge on any atom is 0.143 e. The fourth-order valence-electron chi connectivity index (χ4n) is 1.83. The third-order valence-electron chi connectivity index (χ3n) is 2.97. The van der Waals surface area contributed by atoms with Crippen molar-refractivity contribution in [1.29, 1.82) is 0 Å². The lowest BCUT2D eigenvalue weighted by molar-refractivity contribution is -0.116. The summed E-state index contributed by atoms with van der Waals surface area (Å²) in [5.74, 6) is 1.18. The predicted molar refractivity (Wildman–Crippen MR) is 89.9 cm³/mol. The van der Waals surface area contributed by atoms with Gasteiger partial charge in [-0.15, -0.1) is 0 Å². The lowest BCUT2D eigenvalue weighted by Gasteiger charge is -2.12. The largest absolute Gasteiger partial charge is 0.299 e. The molecule has 1 nitrogen and oxygen atoms in total.